The lowest BCUT2D eigenvalue weighted by Crippen LogP contribution is -2.35. The van der Waals surface area contributed by atoms with Crippen LogP contribution in [-0.4, -0.2) is 22.7 Å². The summed E-state index contributed by atoms with van der Waals surface area (Å²) in [6, 6.07) is 9.42. The molecule has 0 heterocycles. The average molecular weight is 309 g/mol. The average Bonchev–Trinajstić information content (AvgIpc) is 2.36. The molecule has 0 N–H and O–H groups in total. The predicted molar refractivity (Wildman–Crippen MR) is 75.2 cm³/mol. The maximum absolute atomic E-state index is 12.1. The van der Waals surface area contributed by atoms with Crippen molar-refractivity contribution in [1.82, 2.24) is 4.90 Å². The monoisotopic (exact) mass is 308 g/mol. The fraction of sp³-hybridized carbons (Fsp3) is 0.429. The molecule has 1 rings (SSSR count). The van der Waals surface area contributed by atoms with Gasteiger partial charge in [-0.3, -0.25) is 4.79 Å². The highest BCUT2D eigenvalue weighted by Gasteiger charge is 2.22. The van der Waals surface area contributed by atoms with Gasteiger partial charge in [-0.15, -0.1) is 0 Å². The molecule has 4 heteroatoms. The molecule has 0 aliphatic rings. The molecule has 1 aromatic carbocycles. The molecular weight excluding hydrogens is 292 g/mol. The van der Waals surface area contributed by atoms with E-state index in [1.165, 1.54) is 0 Å². The molecule has 0 saturated heterocycles. The van der Waals surface area contributed by atoms with Crippen LogP contribution in [0.25, 0.3) is 0 Å². The van der Waals surface area contributed by atoms with Crippen LogP contribution < -0.4 is 0 Å². The lowest BCUT2D eigenvalue weighted by Gasteiger charge is -2.22. The molecule has 0 aliphatic heterocycles. The topological polar surface area (TPSA) is 44.1 Å². The number of halogens is 1. The zero-order valence-corrected chi connectivity index (χ0v) is 12.4. The third-order valence-electron chi connectivity index (χ3n) is 2.67. The smallest absolute Gasteiger partial charge is 0.236 e. The Balaban J connectivity index is 2.72. The maximum atomic E-state index is 12.1. The third-order valence-corrected chi connectivity index (χ3v) is 4.12. The van der Waals surface area contributed by atoms with Crippen molar-refractivity contribution in [3.63, 3.8) is 0 Å². The first-order valence-electron chi connectivity index (χ1n) is 5.83. The summed E-state index contributed by atoms with van der Waals surface area (Å²) in [4.78, 5) is 13.6. The van der Waals surface area contributed by atoms with Gasteiger partial charge >= 0.3 is 0 Å². The zero-order chi connectivity index (χ0) is 13.7. The van der Waals surface area contributed by atoms with Crippen LogP contribution in [0, 0.1) is 17.2 Å². The quantitative estimate of drug-likeness (QED) is 0.803. The molecule has 0 radical (unpaired) electrons. The summed E-state index contributed by atoms with van der Waals surface area (Å²) in [5, 5.41) is 8.83. The number of nitriles is 1. The van der Waals surface area contributed by atoms with Crippen LogP contribution in [0.3, 0.4) is 0 Å². The number of rotatable bonds is 4. The van der Waals surface area contributed by atoms with Crippen molar-refractivity contribution in [3.8, 4) is 6.07 Å². The Labute approximate surface area is 117 Å². The van der Waals surface area contributed by atoms with Crippen LogP contribution >= 0.6 is 15.9 Å². The van der Waals surface area contributed by atoms with E-state index in [2.05, 4.69) is 22.0 Å². The van der Waals surface area contributed by atoms with Crippen LogP contribution in [0.4, 0.5) is 0 Å². The van der Waals surface area contributed by atoms with Gasteiger partial charge in [-0.05, 0) is 23.6 Å². The summed E-state index contributed by atoms with van der Waals surface area (Å²) in [7, 11) is 1.78. The Kier molecular flexibility index (Phi) is 5.36. The van der Waals surface area contributed by atoms with Gasteiger partial charge in [0.2, 0.25) is 5.91 Å². The molecule has 18 heavy (non-hydrogen) atoms. The van der Waals surface area contributed by atoms with E-state index < -0.39 is 0 Å². The Hall–Kier alpha value is -1.34. The van der Waals surface area contributed by atoms with E-state index in [9.17, 15) is 4.79 Å². The molecule has 0 aliphatic carbocycles. The fourth-order valence-electron chi connectivity index (χ4n) is 1.59. The van der Waals surface area contributed by atoms with Crippen molar-refractivity contribution in [2.45, 2.75) is 25.2 Å². The first kappa shape index (κ1) is 14.7. The van der Waals surface area contributed by atoms with Gasteiger partial charge < -0.3 is 4.90 Å². The van der Waals surface area contributed by atoms with E-state index in [4.69, 9.17) is 5.26 Å². The summed E-state index contributed by atoms with van der Waals surface area (Å²) in [5.74, 6) is 0.317. The van der Waals surface area contributed by atoms with Crippen LogP contribution in [0.1, 0.15) is 25.0 Å². The highest BCUT2D eigenvalue weighted by Crippen LogP contribution is 2.16. The molecule has 0 fully saturated rings. The van der Waals surface area contributed by atoms with Crippen molar-refractivity contribution in [1.29, 1.82) is 5.26 Å². The lowest BCUT2D eigenvalue weighted by atomic mass is 10.1. The fourth-order valence-corrected chi connectivity index (χ4v) is 1.94. The summed E-state index contributed by atoms with van der Waals surface area (Å²) < 4.78 is 0. The minimum atomic E-state index is -0.165. The molecule has 0 spiro atoms. The Bertz CT molecular complexity index is 465. The number of hydrogen-bond donors (Lipinski definition) is 0. The molecule has 0 saturated carbocycles. The highest BCUT2D eigenvalue weighted by atomic mass is 79.9. The van der Waals surface area contributed by atoms with Gasteiger partial charge in [0.05, 0.1) is 16.5 Å². The van der Waals surface area contributed by atoms with Gasteiger partial charge in [-0.1, -0.05) is 41.9 Å². The van der Waals surface area contributed by atoms with Gasteiger partial charge in [0.25, 0.3) is 0 Å². The van der Waals surface area contributed by atoms with Crippen LogP contribution in [-0.2, 0) is 11.3 Å². The van der Waals surface area contributed by atoms with Gasteiger partial charge in [-0.25, -0.2) is 0 Å². The molecule has 3 nitrogen and oxygen atoms in total. The van der Waals surface area contributed by atoms with E-state index in [1.54, 1.807) is 18.0 Å². The van der Waals surface area contributed by atoms with Gasteiger partial charge in [0.1, 0.15) is 0 Å². The second-order valence-corrected chi connectivity index (χ2v) is 5.64. The van der Waals surface area contributed by atoms with E-state index >= 15 is 0 Å². The van der Waals surface area contributed by atoms with Crippen molar-refractivity contribution in [2.24, 2.45) is 5.92 Å². The zero-order valence-electron chi connectivity index (χ0n) is 10.9. The second kappa shape index (κ2) is 6.55. The summed E-state index contributed by atoms with van der Waals surface area (Å²) in [5.41, 5.74) is 1.58. The number of carbonyl (C=O) groups excluding carboxylic acids is 1. The summed E-state index contributed by atoms with van der Waals surface area (Å²) in [6.07, 6.45) is 0. The number of carbonyl (C=O) groups is 1. The summed E-state index contributed by atoms with van der Waals surface area (Å²) in [6.45, 7) is 4.52. The number of alkyl halides is 1. The minimum Gasteiger partial charge on any atom is -0.340 e. The Morgan fingerprint density at radius 1 is 1.50 bits per heavy atom. The second-order valence-electron chi connectivity index (χ2n) is 4.65. The molecule has 96 valence electrons. The molecule has 1 unspecified atom stereocenters. The van der Waals surface area contributed by atoms with Crippen LogP contribution in [0.5, 0.6) is 0 Å². The van der Waals surface area contributed by atoms with E-state index in [0.717, 1.165) is 5.56 Å². The number of amides is 1. The van der Waals surface area contributed by atoms with Crippen molar-refractivity contribution >= 4 is 21.8 Å². The number of benzene rings is 1. The predicted octanol–water partition coefficient (Wildman–Crippen LogP) is 2.94. The molecule has 0 bridgehead atoms. The van der Waals surface area contributed by atoms with Crippen LogP contribution in [0.2, 0.25) is 0 Å². The molecule has 1 amide bonds. The Morgan fingerprint density at radius 2 is 2.17 bits per heavy atom. The lowest BCUT2D eigenvalue weighted by molar-refractivity contribution is -0.130. The van der Waals surface area contributed by atoms with Gasteiger partial charge in [0.15, 0.2) is 0 Å². The largest absolute Gasteiger partial charge is 0.340 e. The third kappa shape index (κ3) is 3.85. The first-order valence-corrected chi connectivity index (χ1v) is 6.75. The Morgan fingerprint density at radius 3 is 2.72 bits per heavy atom. The van der Waals surface area contributed by atoms with Crippen molar-refractivity contribution in [2.75, 3.05) is 7.05 Å². The number of hydrogen-bond acceptors (Lipinski definition) is 2. The van der Waals surface area contributed by atoms with Crippen LogP contribution in [0.15, 0.2) is 24.3 Å². The molecule has 0 aromatic heterocycles. The first-order chi connectivity index (χ1) is 8.45. The minimum absolute atomic E-state index is 0.0624. The summed E-state index contributed by atoms with van der Waals surface area (Å²) >= 11 is 3.41. The maximum Gasteiger partial charge on any atom is 0.236 e. The number of nitrogens with zero attached hydrogens (tertiary/aromatic N) is 2. The molecule has 1 atom stereocenters. The van der Waals surface area contributed by atoms with Crippen molar-refractivity contribution in [3.05, 3.63) is 35.4 Å². The van der Waals surface area contributed by atoms with Gasteiger partial charge in [0, 0.05) is 13.6 Å². The SMILES string of the molecule is CC(C)C(Br)C(=O)N(C)Cc1cccc(C#N)c1. The van der Waals surface area contributed by atoms with Crippen molar-refractivity contribution < 1.29 is 4.79 Å². The normalized spacial score (nSPS) is 12.0. The van der Waals surface area contributed by atoms with E-state index in [1.807, 2.05) is 32.0 Å². The van der Waals surface area contributed by atoms with Gasteiger partial charge in [-0.2, -0.15) is 5.26 Å². The molecule has 1 aromatic rings. The van der Waals surface area contributed by atoms with E-state index in [-0.39, 0.29) is 16.7 Å². The highest BCUT2D eigenvalue weighted by molar-refractivity contribution is 9.10. The standard InChI is InChI=1S/C14H17BrN2O/c1-10(2)13(15)14(18)17(3)9-12-6-4-5-11(7-12)8-16/h4-7,10,13H,9H2,1-3H3. The van der Waals surface area contributed by atoms with E-state index in [0.29, 0.717) is 12.1 Å². The molecular formula is C14H17BrN2O.